The maximum Gasteiger partial charge on any atom is 0.343 e. The Morgan fingerprint density at radius 2 is 1.69 bits per heavy atom. The molecule has 0 aromatic heterocycles. The van der Waals surface area contributed by atoms with Crippen LogP contribution >= 0.6 is 0 Å². The van der Waals surface area contributed by atoms with Crippen LogP contribution in [0.5, 0.6) is 17.2 Å². The number of esters is 1. The molecule has 0 aliphatic rings. The van der Waals surface area contributed by atoms with Crippen molar-refractivity contribution < 1.29 is 33.0 Å². The summed E-state index contributed by atoms with van der Waals surface area (Å²) in [4.78, 5) is 36.3. The molecule has 0 spiro atoms. The summed E-state index contributed by atoms with van der Waals surface area (Å²) < 4.78 is 29.0. The number of nitrogens with zero attached hydrogens (tertiary/aromatic N) is 1. The molecule has 0 heterocycles. The quantitative estimate of drug-likeness (QED) is 0.211. The summed E-state index contributed by atoms with van der Waals surface area (Å²) in [6.45, 7) is -0.352. The van der Waals surface area contributed by atoms with Crippen LogP contribution in [0.1, 0.15) is 26.3 Å². The Kier molecular flexibility index (Phi) is 8.49. The standard InChI is InChI=1S/C25H22FN3O6/c1-33-20-8-4-6-18(13-20)25(32)35-21-10-9-16(11-22(21)34-2)14-28-29-23(30)15-27-24(31)17-5-3-7-19(26)12-17/h3-14H,15H2,1-2H3,(H,27,31)(H,29,30). The number of nitrogens with one attached hydrogen (secondary N) is 2. The van der Waals surface area contributed by atoms with Gasteiger partial charge in [0, 0.05) is 5.56 Å². The van der Waals surface area contributed by atoms with Crippen molar-refractivity contribution in [1.82, 2.24) is 10.7 Å². The molecule has 0 aliphatic carbocycles. The molecule has 0 saturated heterocycles. The van der Waals surface area contributed by atoms with Crippen molar-refractivity contribution in [3.63, 3.8) is 0 Å². The minimum absolute atomic E-state index is 0.0978. The number of hydrogen-bond donors (Lipinski definition) is 2. The molecule has 9 nitrogen and oxygen atoms in total. The highest BCUT2D eigenvalue weighted by Crippen LogP contribution is 2.28. The number of halogens is 1. The monoisotopic (exact) mass is 479 g/mol. The first-order valence-electron chi connectivity index (χ1n) is 10.3. The van der Waals surface area contributed by atoms with E-state index in [-0.39, 0.29) is 23.6 Å². The summed E-state index contributed by atoms with van der Waals surface area (Å²) in [7, 11) is 2.92. The molecule has 0 radical (unpaired) electrons. The molecule has 0 bridgehead atoms. The minimum Gasteiger partial charge on any atom is -0.497 e. The molecule has 3 aromatic rings. The summed E-state index contributed by atoms with van der Waals surface area (Å²) in [6, 6.07) is 16.3. The Bertz CT molecular complexity index is 1260. The topological polar surface area (TPSA) is 115 Å². The second-order valence-corrected chi connectivity index (χ2v) is 7.02. The van der Waals surface area contributed by atoms with E-state index in [4.69, 9.17) is 14.2 Å². The number of methoxy groups -OCH3 is 2. The van der Waals surface area contributed by atoms with Crippen molar-refractivity contribution >= 4 is 24.0 Å². The van der Waals surface area contributed by atoms with Crippen molar-refractivity contribution in [1.29, 1.82) is 0 Å². The Labute approximate surface area is 200 Å². The Balaban J connectivity index is 1.55. The Morgan fingerprint density at radius 3 is 2.43 bits per heavy atom. The Hall–Kier alpha value is -4.73. The van der Waals surface area contributed by atoms with Crippen molar-refractivity contribution in [2.75, 3.05) is 20.8 Å². The van der Waals surface area contributed by atoms with Crippen molar-refractivity contribution in [3.05, 3.63) is 89.2 Å². The van der Waals surface area contributed by atoms with E-state index in [9.17, 15) is 18.8 Å². The summed E-state index contributed by atoms with van der Waals surface area (Å²) in [6.07, 6.45) is 1.35. The lowest BCUT2D eigenvalue weighted by molar-refractivity contribution is -0.120. The minimum atomic E-state index is -0.590. The number of ether oxygens (including phenoxy) is 3. The number of carbonyl (C=O) groups excluding carboxylic acids is 3. The molecular weight excluding hydrogens is 457 g/mol. The molecule has 2 amide bonds. The average Bonchev–Trinajstić information content (AvgIpc) is 2.88. The predicted molar refractivity (Wildman–Crippen MR) is 125 cm³/mol. The lowest BCUT2D eigenvalue weighted by atomic mass is 10.2. The van der Waals surface area contributed by atoms with Crippen LogP contribution in [0.15, 0.2) is 71.8 Å². The first-order chi connectivity index (χ1) is 16.9. The highest BCUT2D eigenvalue weighted by atomic mass is 19.1. The molecule has 10 heteroatoms. The van der Waals surface area contributed by atoms with E-state index in [1.165, 1.54) is 44.7 Å². The van der Waals surface area contributed by atoms with Crippen LogP contribution < -0.4 is 25.0 Å². The molecule has 35 heavy (non-hydrogen) atoms. The van der Waals surface area contributed by atoms with E-state index < -0.39 is 23.6 Å². The number of benzene rings is 3. The molecule has 0 fully saturated rings. The maximum absolute atomic E-state index is 13.2. The second kappa shape index (κ2) is 11.9. The van der Waals surface area contributed by atoms with Gasteiger partial charge in [0.15, 0.2) is 11.5 Å². The van der Waals surface area contributed by atoms with Crippen LogP contribution in [0.3, 0.4) is 0 Å². The van der Waals surface area contributed by atoms with E-state index in [1.807, 2.05) is 0 Å². The lowest BCUT2D eigenvalue weighted by Gasteiger charge is -2.10. The molecule has 180 valence electrons. The molecule has 0 unspecified atom stereocenters. The molecule has 3 rings (SSSR count). The molecule has 2 N–H and O–H groups in total. The molecular formula is C25H22FN3O6. The lowest BCUT2D eigenvalue weighted by Crippen LogP contribution is -2.34. The van der Waals surface area contributed by atoms with Crippen LogP contribution in [0.2, 0.25) is 0 Å². The van der Waals surface area contributed by atoms with Gasteiger partial charge in [-0.25, -0.2) is 14.6 Å². The van der Waals surface area contributed by atoms with Gasteiger partial charge in [-0.1, -0.05) is 12.1 Å². The summed E-state index contributed by atoms with van der Waals surface area (Å²) in [5.74, 6) is -1.32. The number of rotatable bonds is 9. The van der Waals surface area contributed by atoms with Crippen LogP contribution in [0.4, 0.5) is 4.39 Å². The zero-order valence-electron chi connectivity index (χ0n) is 18.9. The van der Waals surface area contributed by atoms with Gasteiger partial charge in [0.05, 0.1) is 32.5 Å². The highest BCUT2D eigenvalue weighted by molar-refractivity contribution is 5.96. The molecule has 0 saturated carbocycles. The van der Waals surface area contributed by atoms with Crippen LogP contribution in [0, 0.1) is 5.82 Å². The van der Waals surface area contributed by atoms with Crippen LogP contribution in [0.25, 0.3) is 0 Å². The first-order valence-corrected chi connectivity index (χ1v) is 10.3. The third-order valence-electron chi connectivity index (χ3n) is 4.59. The van der Waals surface area contributed by atoms with Gasteiger partial charge in [-0.05, 0) is 60.2 Å². The van der Waals surface area contributed by atoms with E-state index in [0.29, 0.717) is 16.9 Å². The van der Waals surface area contributed by atoms with E-state index in [2.05, 4.69) is 15.8 Å². The molecule has 0 aliphatic heterocycles. The molecule has 0 atom stereocenters. The van der Waals surface area contributed by atoms with Gasteiger partial charge < -0.3 is 19.5 Å². The number of carbonyl (C=O) groups is 3. The number of hydrogen-bond acceptors (Lipinski definition) is 7. The van der Waals surface area contributed by atoms with Gasteiger partial charge in [0.25, 0.3) is 11.8 Å². The SMILES string of the molecule is COc1cccc(C(=O)Oc2ccc(C=NNC(=O)CNC(=O)c3cccc(F)c3)cc2OC)c1. The number of hydrazone groups is 1. The van der Waals surface area contributed by atoms with Crippen LogP contribution in [-0.4, -0.2) is 44.8 Å². The largest absolute Gasteiger partial charge is 0.497 e. The second-order valence-electron chi connectivity index (χ2n) is 7.02. The molecule has 3 aromatic carbocycles. The van der Waals surface area contributed by atoms with Gasteiger partial charge in [0.2, 0.25) is 0 Å². The van der Waals surface area contributed by atoms with Crippen molar-refractivity contribution in [2.45, 2.75) is 0 Å². The smallest absolute Gasteiger partial charge is 0.343 e. The summed E-state index contributed by atoms with van der Waals surface area (Å²) >= 11 is 0. The number of amides is 2. The first kappa shape index (κ1) is 24.9. The van der Waals surface area contributed by atoms with E-state index >= 15 is 0 Å². The van der Waals surface area contributed by atoms with Gasteiger partial charge in [-0.15, -0.1) is 0 Å². The van der Waals surface area contributed by atoms with Crippen molar-refractivity contribution in [2.24, 2.45) is 5.10 Å². The fraction of sp³-hybridized carbons (Fsp3) is 0.120. The van der Waals surface area contributed by atoms with E-state index in [0.717, 1.165) is 6.07 Å². The highest BCUT2D eigenvalue weighted by Gasteiger charge is 2.14. The third-order valence-corrected chi connectivity index (χ3v) is 4.59. The van der Waals surface area contributed by atoms with Crippen molar-refractivity contribution in [3.8, 4) is 17.2 Å². The predicted octanol–water partition coefficient (Wildman–Crippen LogP) is 2.94. The maximum atomic E-state index is 13.2. The zero-order valence-corrected chi connectivity index (χ0v) is 18.9. The fourth-order valence-corrected chi connectivity index (χ4v) is 2.87. The zero-order chi connectivity index (χ0) is 25.2. The Morgan fingerprint density at radius 1 is 0.914 bits per heavy atom. The summed E-state index contributed by atoms with van der Waals surface area (Å²) in [5, 5.41) is 6.20. The van der Waals surface area contributed by atoms with Gasteiger partial charge in [-0.3, -0.25) is 9.59 Å². The van der Waals surface area contributed by atoms with E-state index in [1.54, 1.807) is 36.4 Å². The normalized spacial score (nSPS) is 10.5. The fourth-order valence-electron chi connectivity index (χ4n) is 2.87. The van der Waals surface area contributed by atoms with Gasteiger partial charge in [0.1, 0.15) is 11.6 Å². The van der Waals surface area contributed by atoms with Gasteiger partial charge in [-0.2, -0.15) is 5.10 Å². The summed E-state index contributed by atoms with van der Waals surface area (Å²) in [5.41, 5.74) is 3.23. The third kappa shape index (κ3) is 7.13. The van der Waals surface area contributed by atoms with Crippen LogP contribution in [-0.2, 0) is 4.79 Å². The average molecular weight is 479 g/mol. The van der Waals surface area contributed by atoms with Gasteiger partial charge >= 0.3 is 5.97 Å².